The number of rotatable bonds is 2. The van der Waals surface area contributed by atoms with Gasteiger partial charge in [-0.15, -0.1) is 11.3 Å². The third kappa shape index (κ3) is 2.36. The van der Waals surface area contributed by atoms with E-state index in [1.54, 1.807) is 6.07 Å². The molecule has 2 atom stereocenters. The lowest BCUT2D eigenvalue weighted by Gasteiger charge is -2.38. The predicted octanol–water partition coefficient (Wildman–Crippen LogP) is 3.91. The van der Waals surface area contributed by atoms with Gasteiger partial charge in [-0.3, -0.25) is 9.48 Å². The van der Waals surface area contributed by atoms with Crippen LogP contribution in [0.4, 0.5) is 0 Å². The molecule has 2 aliphatic heterocycles. The van der Waals surface area contributed by atoms with Crippen LogP contribution in [-0.2, 0) is 0 Å². The number of piperidine rings is 1. The number of aryl methyl sites for hydroxylation is 1. The zero-order chi connectivity index (χ0) is 15.3. The molecular weight excluding hydrogens is 318 g/mol. The molecule has 22 heavy (non-hydrogen) atoms. The monoisotopic (exact) mass is 335 g/mol. The van der Waals surface area contributed by atoms with E-state index < -0.39 is 0 Å². The second-order valence-electron chi connectivity index (χ2n) is 6.32. The molecule has 0 aliphatic carbocycles. The standard InChI is InChI=1S/C16H18ClN3OS/c1-10-8-18-19(9-10)13-6-11-2-3-12(7-13)20(11)16(21)14-4-5-15(17)22-14/h4-5,8-9,11-13H,2-3,6-7H2,1H3. The van der Waals surface area contributed by atoms with Crippen LogP contribution in [0.3, 0.4) is 0 Å². The number of aromatic nitrogens is 2. The van der Waals surface area contributed by atoms with Crippen LogP contribution in [0.5, 0.6) is 0 Å². The summed E-state index contributed by atoms with van der Waals surface area (Å²) in [5.74, 6) is 0.152. The highest BCUT2D eigenvalue weighted by atomic mass is 35.5. The van der Waals surface area contributed by atoms with E-state index in [0.717, 1.165) is 30.6 Å². The average Bonchev–Trinajstić information content (AvgIpc) is 3.17. The number of halogens is 1. The molecule has 0 radical (unpaired) electrons. The van der Waals surface area contributed by atoms with E-state index in [4.69, 9.17) is 11.6 Å². The summed E-state index contributed by atoms with van der Waals surface area (Å²) in [6, 6.07) is 4.74. The highest BCUT2D eigenvalue weighted by molar-refractivity contribution is 7.17. The summed E-state index contributed by atoms with van der Waals surface area (Å²) in [4.78, 5) is 15.6. The Labute approximate surface area is 138 Å². The maximum absolute atomic E-state index is 12.8. The fourth-order valence-electron chi connectivity index (χ4n) is 3.89. The number of nitrogens with zero attached hydrogens (tertiary/aromatic N) is 3. The smallest absolute Gasteiger partial charge is 0.264 e. The number of carbonyl (C=O) groups excluding carboxylic acids is 1. The van der Waals surface area contributed by atoms with Crippen LogP contribution < -0.4 is 0 Å². The second kappa shape index (κ2) is 5.39. The highest BCUT2D eigenvalue weighted by Gasteiger charge is 2.44. The Balaban J connectivity index is 1.55. The summed E-state index contributed by atoms with van der Waals surface area (Å²) in [5.41, 5.74) is 1.19. The average molecular weight is 336 g/mol. The Morgan fingerprint density at radius 1 is 1.27 bits per heavy atom. The molecule has 4 heterocycles. The van der Waals surface area contributed by atoms with Crippen molar-refractivity contribution in [3.63, 3.8) is 0 Å². The molecular formula is C16H18ClN3OS. The van der Waals surface area contributed by atoms with Gasteiger partial charge in [-0.1, -0.05) is 11.6 Å². The van der Waals surface area contributed by atoms with Crippen molar-refractivity contribution in [3.8, 4) is 0 Å². The summed E-state index contributed by atoms with van der Waals surface area (Å²) in [6.45, 7) is 2.07. The van der Waals surface area contributed by atoms with E-state index in [1.807, 2.05) is 12.3 Å². The van der Waals surface area contributed by atoms with Gasteiger partial charge in [0.05, 0.1) is 21.5 Å². The normalized spacial score (nSPS) is 27.4. The molecule has 0 aromatic carbocycles. The molecule has 2 unspecified atom stereocenters. The molecule has 2 aromatic heterocycles. The fraction of sp³-hybridized carbons (Fsp3) is 0.500. The largest absolute Gasteiger partial charge is 0.332 e. The molecule has 1 amide bonds. The summed E-state index contributed by atoms with van der Waals surface area (Å²) >= 11 is 7.35. The Kier molecular flexibility index (Phi) is 3.50. The number of carbonyl (C=O) groups is 1. The summed E-state index contributed by atoms with van der Waals surface area (Å²) in [7, 11) is 0. The van der Waals surface area contributed by atoms with E-state index in [1.165, 1.54) is 16.9 Å². The predicted molar refractivity (Wildman–Crippen MR) is 87.5 cm³/mol. The molecule has 4 nitrogen and oxygen atoms in total. The SMILES string of the molecule is Cc1cnn(C2CC3CCC(C2)N3C(=O)c2ccc(Cl)s2)c1. The van der Waals surface area contributed by atoms with Crippen molar-refractivity contribution in [2.45, 2.75) is 50.7 Å². The molecule has 2 aliphatic rings. The second-order valence-corrected chi connectivity index (χ2v) is 8.04. The lowest BCUT2D eigenvalue weighted by atomic mass is 9.97. The molecule has 2 bridgehead atoms. The van der Waals surface area contributed by atoms with Gasteiger partial charge >= 0.3 is 0 Å². The van der Waals surface area contributed by atoms with E-state index in [9.17, 15) is 4.79 Å². The Morgan fingerprint density at radius 3 is 2.55 bits per heavy atom. The first-order valence-electron chi connectivity index (χ1n) is 7.70. The number of amides is 1. The van der Waals surface area contributed by atoms with Crippen LogP contribution in [0.15, 0.2) is 24.5 Å². The molecule has 6 heteroatoms. The van der Waals surface area contributed by atoms with Gasteiger partial charge in [0, 0.05) is 18.3 Å². The van der Waals surface area contributed by atoms with Crippen LogP contribution in [0.1, 0.15) is 47.0 Å². The van der Waals surface area contributed by atoms with Gasteiger partial charge in [0.1, 0.15) is 0 Å². The molecule has 0 N–H and O–H groups in total. The van der Waals surface area contributed by atoms with Crippen LogP contribution in [0.25, 0.3) is 0 Å². The molecule has 2 saturated heterocycles. The van der Waals surface area contributed by atoms with Gasteiger partial charge in [0.15, 0.2) is 0 Å². The fourth-order valence-corrected chi connectivity index (χ4v) is 4.87. The third-order valence-corrected chi connectivity index (χ3v) is 6.05. The first-order chi connectivity index (χ1) is 10.6. The van der Waals surface area contributed by atoms with Crippen molar-refractivity contribution in [2.24, 2.45) is 0 Å². The van der Waals surface area contributed by atoms with Gasteiger partial charge in [0.25, 0.3) is 5.91 Å². The van der Waals surface area contributed by atoms with Crippen molar-refractivity contribution in [3.05, 3.63) is 39.3 Å². The van der Waals surface area contributed by atoms with Crippen molar-refractivity contribution in [1.29, 1.82) is 0 Å². The molecule has 0 spiro atoms. The Hall–Kier alpha value is -1.33. The number of hydrogen-bond donors (Lipinski definition) is 0. The lowest BCUT2D eigenvalue weighted by molar-refractivity contribution is 0.0529. The van der Waals surface area contributed by atoms with E-state index in [0.29, 0.717) is 22.5 Å². The van der Waals surface area contributed by atoms with E-state index >= 15 is 0 Å². The number of hydrogen-bond acceptors (Lipinski definition) is 3. The Morgan fingerprint density at radius 2 is 2.00 bits per heavy atom. The van der Waals surface area contributed by atoms with Crippen LogP contribution in [-0.4, -0.2) is 32.7 Å². The van der Waals surface area contributed by atoms with Crippen molar-refractivity contribution in [1.82, 2.24) is 14.7 Å². The molecule has 4 rings (SSSR count). The van der Waals surface area contributed by atoms with Gasteiger partial charge in [-0.25, -0.2) is 0 Å². The van der Waals surface area contributed by atoms with Gasteiger partial charge in [-0.05, 0) is 50.3 Å². The van der Waals surface area contributed by atoms with Gasteiger partial charge in [0.2, 0.25) is 0 Å². The zero-order valence-electron chi connectivity index (χ0n) is 12.4. The molecule has 116 valence electrons. The summed E-state index contributed by atoms with van der Waals surface area (Å²) < 4.78 is 2.77. The minimum Gasteiger partial charge on any atom is -0.332 e. The zero-order valence-corrected chi connectivity index (χ0v) is 14.0. The van der Waals surface area contributed by atoms with Crippen molar-refractivity contribution in [2.75, 3.05) is 0 Å². The Bertz CT molecular complexity index is 696. The van der Waals surface area contributed by atoms with Gasteiger partial charge < -0.3 is 4.90 Å². The van der Waals surface area contributed by atoms with Crippen molar-refractivity contribution >= 4 is 28.8 Å². The van der Waals surface area contributed by atoms with Crippen LogP contribution in [0, 0.1) is 6.92 Å². The topological polar surface area (TPSA) is 38.1 Å². The third-order valence-electron chi connectivity index (χ3n) is 4.83. The minimum absolute atomic E-state index is 0.152. The molecule has 0 saturated carbocycles. The maximum atomic E-state index is 12.8. The maximum Gasteiger partial charge on any atom is 0.264 e. The van der Waals surface area contributed by atoms with Crippen LogP contribution in [0.2, 0.25) is 4.34 Å². The summed E-state index contributed by atoms with van der Waals surface area (Å²) in [5, 5.41) is 4.47. The number of thiophene rings is 1. The molecule has 2 fully saturated rings. The molecule has 2 aromatic rings. The summed E-state index contributed by atoms with van der Waals surface area (Å²) in [6.07, 6.45) is 8.23. The van der Waals surface area contributed by atoms with E-state index in [-0.39, 0.29) is 5.91 Å². The minimum atomic E-state index is 0.152. The van der Waals surface area contributed by atoms with Crippen molar-refractivity contribution < 1.29 is 4.79 Å². The lowest BCUT2D eigenvalue weighted by Crippen LogP contribution is -2.46. The van der Waals surface area contributed by atoms with Gasteiger partial charge in [-0.2, -0.15) is 5.10 Å². The highest BCUT2D eigenvalue weighted by Crippen LogP contribution is 2.42. The number of fused-ring (bicyclic) bond motifs is 2. The first-order valence-corrected chi connectivity index (χ1v) is 8.90. The van der Waals surface area contributed by atoms with Crippen LogP contribution >= 0.6 is 22.9 Å². The first kappa shape index (κ1) is 14.3. The van der Waals surface area contributed by atoms with E-state index in [2.05, 4.69) is 27.8 Å². The quantitative estimate of drug-likeness (QED) is 0.834.